The second-order valence-corrected chi connectivity index (χ2v) is 8.78. The highest BCUT2D eigenvalue weighted by Crippen LogP contribution is 2.33. The smallest absolute Gasteiger partial charge is 0.148 e. The molecule has 1 N–H and O–H groups in total. The molecule has 3 heterocycles. The molecule has 110 valence electrons. The SMILES string of the molecule is CS(=O)(=O)CCN1CCC(c2nc3cc[nH]c3s2)CC1. The molecular formula is C13H19N3O2S2. The molecule has 0 bridgehead atoms. The second-order valence-electron chi connectivity index (χ2n) is 5.49. The third-order valence-electron chi connectivity index (χ3n) is 3.84. The van der Waals surface area contributed by atoms with Crippen LogP contribution < -0.4 is 0 Å². The molecule has 0 aliphatic carbocycles. The van der Waals surface area contributed by atoms with Gasteiger partial charge < -0.3 is 9.88 Å². The van der Waals surface area contributed by atoms with Crippen LogP contribution in [0.25, 0.3) is 10.3 Å². The number of nitrogens with one attached hydrogen (secondary N) is 1. The predicted octanol–water partition coefficient (Wildman–Crippen LogP) is 1.85. The van der Waals surface area contributed by atoms with Crippen molar-refractivity contribution in [3.63, 3.8) is 0 Å². The van der Waals surface area contributed by atoms with Crippen molar-refractivity contribution < 1.29 is 8.42 Å². The first-order valence-electron chi connectivity index (χ1n) is 6.85. The lowest BCUT2D eigenvalue weighted by atomic mass is 9.98. The molecule has 1 fully saturated rings. The topological polar surface area (TPSA) is 66.1 Å². The monoisotopic (exact) mass is 313 g/mol. The lowest BCUT2D eigenvalue weighted by Gasteiger charge is -2.30. The number of likely N-dealkylation sites (tertiary alicyclic amines) is 1. The molecule has 7 heteroatoms. The van der Waals surface area contributed by atoms with Gasteiger partial charge in [-0.05, 0) is 32.0 Å². The summed E-state index contributed by atoms with van der Waals surface area (Å²) in [5, 5.41) is 1.22. The predicted molar refractivity (Wildman–Crippen MR) is 82.1 cm³/mol. The van der Waals surface area contributed by atoms with E-state index in [-0.39, 0.29) is 5.75 Å². The Bertz CT molecular complexity index is 653. The summed E-state index contributed by atoms with van der Waals surface area (Å²) in [4.78, 5) is 11.3. The van der Waals surface area contributed by atoms with Gasteiger partial charge in [-0.25, -0.2) is 13.4 Å². The number of H-pyrrole nitrogens is 1. The Balaban J connectivity index is 1.57. The number of thiazole rings is 1. The van der Waals surface area contributed by atoms with E-state index in [4.69, 9.17) is 0 Å². The first-order chi connectivity index (χ1) is 9.51. The number of sulfone groups is 1. The van der Waals surface area contributed by atoms with Gasteiger partial charge in [-0.2, -0.15) is 0 Å². The largest absolute Gasteiger partial charge is 0.352 e. The van der Waals surface area contributed by atoms with Gasteiger partial charge in [0.05, 0.1) is 16.3 Å². The molecule has 0 aromatic carbocycles. The molecule has 0 unspecified atom stereocenters. The molecule has 1 aliphatic heterocycles. The fourth-order valence-electron chi connectivity index (χ4n) is 2.63. The molecule has 2 aromatic rings. The molecule has 1 aliphatic rings. The van der Waals surface area contributed by atoms with Crippen LogP contribution in [0.4, 0.5) is 0 Å². The van der Waals surface area contributed by atoms with Crippen LogP contribution in [0.5, 0.6) is 0 Å². The van der Waals surface area contributed by atoms with Crippen LogP contribution in [-0.4, -0.2) is 54.9 Å². The Morgan fingerprint density at radius 2 is 2.20 bits per heavy atom. The van der Waals surface area contributed by atoms with Crippen molar-refractivity contribution in [1.82, 2.24) is 14.9 Å². The van der Waals surface area contributed by atoms with E-state index < -0.39 is 9.84 Å². The Labute approximate surface area is 122 Å². The molecule has 5 nitrogen and oxygen atoms in total. The average Bonchev–Trinajstić information content (AvgIpc) is 2.97. The fraction of sp³-hybridized carbons (Fsp3) is 0.615. The number of hydrogen-bond donors (Lipinski definition) is 1. The van der Waals surface area contributed by atoms with E-state index in [2.05, 4.69) is 14.9 Å². The van der Waals surface area contributed by atoms with Crippen LogP contribution in [0.15, 0.2) is 12.3 Å². The van der Waals surface area contributed by atoms with E-state index >= 15 is 0 Å². The number of hydrogen-bond acceptors (Lipinski definition) is 5. The van der Waals surface area contributed by atoms with Crippen molar-refractivity contribution in [1.29, 1.82) is 0 Å². The fourth-order valence-corrected chi connectivity index (χ4v) is 4.33. The van der Waals surface area contributed by atoms with E-state index in [0.717, 1.165) is 36.3 Å². The Morgan fingerprint density at radius 3 is 2.85 bits per heavy atom. The van der Waals surface area contributed by atoms with Crippen molar-refractivity contribution in [3.05, 3.63) is 17.3 Å². The van der Waals surface area contributed by atoms with E-state index in [0.29, 0.717) is 12.5 Å². The Morgan fingerprint density at radius 1 is 1.45 bits per heavy atom. The number of fused-ring (bicyclic) bond motifs is 1. The number of piperidine rings is 1. The highest BCUT2D eigenvalue weighted by Gasteiger charge is 2.23. The lowest BCUT2D eigenvalue weighted by Crippen LogP contribution is -2.36. The summed E-state index contributed by atoms with van der Waals surface area (Å²) >= 11 is 1.75. The van der Waals surface area contributed by atoms with Crippen LogP contribution in [0.2, 0.25) is 0 Å². The van der Waals surface area contributed by atoms with Crippen molar-refractivity contribution in [2.24, 2.45) is 0 Å². The van der Waals surface area contributed by atoms with Crippen LogP contribution in [0, 0.1) is 0 Å². The van der Waals surface area contributed by atoms with Crippen molar-refractivity contribution in [2.75, 3.05) is 31.6 Å². The third kappa shape index (κ3) is 3.21. The van der Waals surface area contributed by atoms with Crippen LogP contribution in [-0.2, 0) is 9.84 Å². The zero-order chi connectivity index (χ0) is 14.2. The maximum absolute atomic E-state index is 11.2. The number of aromatic nitrogens is 2. The van der Waals surface area contributed by atoms with E-state index in [1.807, 2.05) is 12.3 Å². The second kappa shape index (κ2) is 5.46. The molecule has 0 radical (unpaired) electrons. The Kier molecular flexibility index (Phi) is 3.83. The van der Waals surface area contributed by atoms with Gasteiger partial charge in [0.1, 0.15) is 14.7 Å². The average molecular weight is 313 g/mol. The van der Waals surface area contributed by atoms with E-state index in [1.54, 1.807) is 11.3 Å². The van der Waals surface area contributed by atoms with Crippen LogP contribution in [0.3, 0.4) is 0 Å². The maximum Gasteiger partial charge on any atom is 0.148 e. The van der Waals surface area contributed by atoms with Gasteiger partial charge in [0, 0.05) is 24.9 Å². The summed E-state index contributed by atoms with van der Waals surface area (Å²) < 4.78 is 22.4. The molecule has 0 saturated carbocycles. The first-order valence-corrected chi connectivity index (χ1v) is 9.73. The molecule has 0 spiro atoms. The van der Waals surface area contributed by atoms with Crippen LogP contribution >= 0.6 is 11.3 Å². The molecule has 3 rings (SSSR count). The Hall–Kier alpha value is -0.920. The van der Waals surface area contributed by atoms with Gasteiger partial charge in [-0.3, -0.25) is 0 Å². The summed E-state index contributed by atoms with van der Waals surface area (Å²) in [6.45, 7) is 2.59. The summed E-state index contributed by atoms with van der Waals surface area (Å²) in [5.74, 6) is 0.785. The third-order valence-corrected chi connectivity index (χ3v) is 5.93. The molecule has 0 atom stereocenters. The van der Waals surface area contributed by atoms with Crippen molar-refractivity contribution >= 4 is 31.5 Å². The minimum absolute atomic E-state index is 0.262. The van der Waals surface area contributed by atoms with Gasteiger partial charge in [0.25, 0.3) is 0 Å². The number of rotatable bonds is 4. The summed E-state index contributed by atoms with van der Waals surface area (Å²) in [6.07, 6.45) is 5.36. The van der Waals surface area contributed by atoms with Gasteiger partial charge >= 0.3 is 0 Å². The minimum Gasteiger partial charge on any atom is -0.352 e. The number of aromatic amines is 1. The lowest BCUT2D eigenvalue weighted by molar-refractivity contribution is 0.223. The zero-order valence-electron chi connectivity index (χ0n) is 11.5. The summed E-state index contributed by atoms with van der Waals surface area (Å²) in [6, 6.07) is 2.01. The number of nitrogens with zero attached hydrogens (tertiary/aromatic N) is 2. The van der Waals surface area contributed by atoms with Gasteiger partial charge in [0.15, 0.2) is 0 Å². The summed E-state index contributed by atoms with van der Waals surface area (Å²) in [5.41, 5.74) is 1.06. The standard InChI is InChI=1S/C13H19N3O2S2/c1-20(17,18)9-8-16-6-3-10(4-7-16)12-15-11-2-5-14-13(11)19-12/h2,5,10,14H,3-4,6-9H2,1H3. The first kappa shape index (κ1) is 14.0. The quantitative estimate of drug-likeness (QED) is 0.935. The van der Waals surface area contributed by atoms with Gasteiger partial charge in [-0.15, -0.1) is 11.3 Å². The zero-order valence-corrected chi connectivity index (χ0v) is 13.1. The van der Waals surface area contributed by atoms with E-state index in [9.17, 15) is 8.42 Å². The summed E-state index contributed by atoms with van der Waals surface area (Å²) in [7, 11) is -2.86. The van der Waals surface area contributed by atoms with Crippen LogP contribution in [0.1, 0.15) is 23.8 Å². The molecular weight excluding hydrogens is 294 g/mol. The molecule has 0 amide bonds. The molecule has 2 aromatic heterocycles. The highest BCUT2D eigenvalue weighted by molar-refractivity contribution is 7.90. The normalized spacial score (nSPS) is 18.9. The van der Waals surface area contributed by atoms with Gasteiger partial charge in [-0.1, -0.05) is 0 Å². The molecule has 20 heavy (non-hydrogen) atoms. The van der Waals surface area contributed by atoms with E-state index in [1.165, 1.54) is 11.3 Å². The van der Waals surface area contributed by atoms with Crippen molar-refractivity contribution in [2.45, 2.75) is 18.8 Å². The van der Waals surface area contributed by atoms with Gasteiger partial charge in [0.2, 0.25) is 0 Å². The maximum atomic E-state index is 11.2. The molecule has 1 saturated heterocycles. The minimum atomic E-state index is -2.86. The highest BCUT2D eigenvalue weighted by atomic mass is 32.2. The van der Waals surface area contributed by atoms with Crippen molar-refractivity contribution in [3.8, 4) is 0 Å².